The van der Waals surface area contributed by atoms with E-state index in [2.05, 4.69) is 4.98 Å². The predicted octanol–water partition coefficient (Wildman–Crippen LogP) is 2.51. The summed E-state index contributed by atoms with van der Waals surface area (Å²) in [6.07, 6.45) is 2.55. The molecular weight excluding hydrogens is 340 g/mol. The van der Waals surface area contributed by atoms with E-state index >= 15 is 0 Å². The maximum absolute atomic E-state index is 12.0. The van der Waals surface area contributed by atoms with Crippen LogP contribution in [0.3, 0.4) is 0 Å². The Hall–Kier alpha value is -3.03. The Kier molecular flexibility index (Phi) is 5.11. The number of carbonyl (C=O) groups is 2. The lowest BCUT2D eigenvalue weighted by molar-refractivity contribution is -0.150. The summed E-state index contributed by atoms with van der Waals surface area (Å²) in [6, 6.07) is 9.37. The molecule has 1 aliphatic rings. The number of benzene rings is 1. The molecule has 8 heteroatoms. The van der Waals surface area contributed by atoms with Gasteiger partial charge in [-0.25, -0.2) is 4.79 Å². The molecule has 1 aromatic heterocycles. The molecule has 3 rings (SSSR count). The van der Waals surface area contributed by atoms with Crippen LogP contribution in [0.4, 0.5) is 6.01 Å². The highest BCUT2D eigenvalue weighted by molar-refractivity contribution is 5.85. The lowest BCUT2D eigenvalue weighted by Gasteiger charge is -2.39. The molecule has 0 aliphatic carbocycles. The number of nitrogens with zero attached hydrogens (tertiary/aromatic N) is 2. The number of ether oxygens (including phenoxy) is 1. The molecule has 0 saturated carbocycles. The number of carboxylic acids is 2. The van der Waals surface area contributed by atoms with Crippen molar-refractivity contribution in [1.82, 2.24) is 4.98 Å². The van der Waals surface area contributed by atoms with E-state index in [9.17, 15) is 14.7 Å². The third-order valence-electron chi connectivity index (χ3n) is 4.60. The van der Waals surface area contributed by atoms with Gasteiger partial charge in [0, 0.05) is 13.1 Å². The number of aliphatic carboxylic acids is 1. The largest absolute Gasteiger partial charge is 0.494 e. The van der Waals surface area contributed by atoms with Crippen LogP contribution < -0.4 is 9.64 Å². The van der Waals surface area contributed by atoms with E-state index < -0.39 is 17.4 Å². The lowest BCUT2D eigenvalue weighted by atomic mass is 9.77. The summed E-state index contributed by atoms with van der Waals surface area (Å²) < 4.78 is 10.9. The Labute approximate surface area is 150 Å². The number of anilines is 1. The van der Waals surface area contributed by atoms with Gasteiger partial charge in [-0.05, 0) is 31.4 Å². The summed E-state index contributed by atoms with van der Waals surface area (Å²) in [5, 5.41) is 18.8. The summed E-state index contributed by atoms with van der Waals surface area (Å²) in [5.41, 5.74) is -1.19. The molecule has 2 heterocycles. The number of para-hydroxylation sites is 1. The van der Waals surface area contributed by atoms with Gasteiger partial charge >= 0.3 is 11.9 Å². The van der Waals surface area contributed by atoms with Crippen molar-refractivity contribution >= 4 is 18.0 Å². The Morgan fingerprint density at radius 3 is 2.69 bits per heavy atom. The standard InChI is InChI=1S/C18H20N2O6/c21-15(22)14-11-26-17(19-14)20-9-4-7-18(12-20,16(23)24)8-10-25-13-5-2-1-3-6-13/h1-3,5-6,11H,4,7-10,12H2,(H,21,22)(H,23,24). The van der Waals surface area contributed by atoms with Gasteiger partial charge in [-0.1, -0.05) is 18.2 Å². The smallest absolute Gasteiger partial charge is 0.357 e. The number of piperidine rings is 1. The van der Waals surface area contributed by atoms with E-state index in [-0.39, 0.29) is 24.9 Å². The normalized spacial score (nSPS) is 19.9. The number of hydrogen-bond acceptors (Lipinski definition) is 6. The van der Waals surface area contributed by atoms with Crippen molar-refractivity contribution in [3.05, 3.63) is 42.3 Å². The summed E-state index contributed by atoms with van der Waals surface area (Å²) in [5.74, 6) is -1.39. The zero-order valence-corrected chi connectivity index (χ0v) is 14.1. The van der Waals surface area contributed by atoms with Crippen LogP contribution >= 0.6 is 0 Å². The molecule has 2 aromatic rings. The van der Waals surface area contributed by atoms with E-state index in [0.717, 1.165) is 6.26 Å². The first kappa shape index (κ1) is 17.8. The van der Waals surface area contributed by atoms with Gasteiger partial charge in [0.1, 0.15) is 12.0 Å². The molecule has 26 heavy (non-hydrogen) atoms. The monoisotopic (exact) mass is 360 g/mol. The van der Waals surface area contributed by atoms with Crippen molar-refractivity contribution in [3.63, 3.8) is 0 Å². The van der Waals surface area contributed by atoms with E-state index in [1.165, 1.54) is 0 Å². The Morgan fingerprint density at radius 1 is 1.27 bits per heavy atom. The van der Waals surface area contributed by atoms with Gasteiger partial charge in [0.05, 0.1) is 12.0 Å². The molecule has 1 saturated heterocycles. The summed E-state index contributed by atoms with van der Waals surface area (Å²) in [6.45, 7) is 1.03. The topological polar surface area (TPSA) is 113 Å². The van der Waals surface area contributed by atoms with Crippen molar-refractivity contribution in [1.29, 1.82) is 0 Å². The molecule has 0 bridgehead atoms. The van der Waals surface area contributed by atoms with E-state index in [1.807, 2.05) is 30.3 Å². The second kappa shape index (κ2) is 7.47. The molecule has 1 aliphatic heterocycles. The number of oxazole rings is 1. The van der Waals surface area contributed by atoms with Crippen molar-refractivity contribution in [2.75, 3.05) is 24.6 Å². The average molecular weight is 360 g/mol. The van der Waals surface area contributed by atoms with Gasteiger partial charge in [0.2, 0.25) is 0 Å². The fourth-order valence-corrected chi connectivity index (χ4v) is 3.17. The number of hydrogen-bond donors (Lipinski definition) is 2. The number of aromatic nitrogens is 1. The van der Waals surface area contributed by atoms with Crippen LogP contribution in [0, 0.1) is 5.41 Å². The highest BCUT2D eigenvalue weighted by Crippen LogP contribution is 2.36. The molecule has 1 atom stereocenters. The molecule has 1 aromatic carbocycles. The lowest BCUT2D eigenvalue weighted by Crippen LogP contribution is -2.48. The third kappa shape index (κ3) is 3.79. The third-order valence-corrected chi connectivity index (χ3v) is 4.60. The van der Waals surface area contributed by atoms with Crippen molar-refractivity contribution in [3.8, 4) is 5.75 Å². The molecule has 0 amide bonds. The minimum atomic E-state index is -1.18. The van der Waals surface area contributed by atoms with Gasteiger partial charge in [-0.3, -0.25) is 4.79 Å². The molecule has 0 radical (unpaired) electrons. The van der Waals surface area contributed by atoms with Gasteiger partial charge in [-0.15, -0.1) is 0 Å². The number of carboxylic acid groups (broad SMARTS) is 2. The Balaban J connectivity index is 1.69. The quantitative estimate of drug-likeness (QED) is 0.774. The fraction of sp³-hybridized carbons (Fsp3) is 0.389. The SMILES string of the molecule is O=C(O)c1coc(N2CCCC(CCOc3ccccc3)(C(=O)O)C2)n1. The zero-order chi connectivity index (χ0) is 18.6. The van der Waals surface area contributed by atoms with Gasteiger partial charge < -0.3 is 24.3 Å². The minimum Gasteiger partial charge on any atom is -0.494 e. The first-order valence-electron chi connectivity index (χ1n) is 8.35. The van der Waals surface area contributed by atoms with Gasteiger partial charge in [0.15, 0.2) is 5.69 Å². The fourth-order valence-electron chi connectivity index (χ4n) is 3.17. The Bertz CT molecular complexity index is 775. The van der Waals surface area contributed by atoms with Crippen LogP contribution in [0.15, 0.2) is 41.0 Å². The highest BCUT2D eigenvalue weighted by atomic mass is 16.5. The first-order valence-corrected chi connectivity index (χ1v) is 8.35. The predicted molar refractivity (Wildman–Crippen MR) is 91.5 cm³/mol. The molecule has 2 N–H and O–H groups in total. The maximum atomic E-state index is 12.0. The molecular formula is C18H20N2O6. The molecule has 1 fully saturated rings. The van der Waals surface area contributed by atoms with Crippen LogP contribution in [0.1, 0.15) is 29.8 Å². The minimum absolute atomic E-state index is 0.136. The van der Waals surface area contributed by atoms with Gasteiger partial charge in [0.25, 0.3) is 6.01 Å². The second-order valence-electron chi connectivity index (χ2n) is 6.34. The van der Waals surface area contributed by atoms with Crippen LogP contribution in [0.2, 0.25) is 0 Å². The van der Waals surface area contributed by atoms with E-state index in [4.69, 9.17) is 14.3 Å². The summed E-state index contributed by atoms with van der Waals surface area (Å²) in [4.78, 5) is 28.5. The molecule has 8 nitrogen and oxygen atoms in total. The van der Waals surface area contributed by atoms with Crippen molar-refractivity contribution in [2.45, 2.75) is 19.3 Å². The van der Waals surface area contributed by atoms with Crippen LogP contribution in [-0.2, 0) is 4.79 Å². The van der Waals surface area contributed by atoms with Crippen LogP contribution in [-0.4, -0.2) is 46.8 Å². The second-order valence-corrected chi connectivity index (χ2v) is 6.34. The maximum Gasteiger partial charge on any atom is 0.357 e. The number of aromatic carboxylic acids is 1. The van der Waals surface area contributed by atoms with Gasteiger partial charge in [-0.2, -0.15) is 4.98 Å². The van der Waals surface area contributed by atoms with Crippen LogP contribution in [0.5, 0.6) is 5.75 Å². The van der Waals surface area contributed by atoms with Crippen molar-refractivity contribution < 1.29 is 29.0 Å². The van der Waals surface area contributed by atoms with Crippen LogP contribution in [0.25, 0.3) is 0 Å². The Morgan fingerprint density at radius 2 is 2.04 bits per heavy atom. The highest BCUT2D eigenvalue weighted by Gasteiger charge is 2.43. The number of rotatable bonds is 7. The van der Waals surface area contributed by atoms with E-state index in [1.54, 1.807) is 4.90 Å². The molecule has 1 unspecified atom stereocenters. The average Bonchev–Trinajstić information content (AvgIpc) is 3.13. The molecule has 0 spiro atoms. The first-order chi connectivity index (χ1) is 12.5. The summed E-state index contributed by atoms with van der Waals surface area (Å²) >= 11 is 0. The zero-order valence-electron chi connectivity index (χ0n) is 14.1. The van der Waals surface area contributed by atoms with E-state index in [0.29, 0.717) is 31.6 Å². The molecule has 138 valence electrons. The summed E-state index contributed by atoms with van der Waals surface area (Å²) in [7, 11) is 0. The van der Waals surface area contributed by atoms with Crippen molar-refractivity contribution in [2.24, 2.45) is 5.41 Å².